The van der Waals surface area contributed by atoms with Gasteiger partial charge >= 0.3 is 0 Å². The zero-order chi connectivity index (χ0) is 14.7. The first-order chi connectivity index (χ1) is 9.50. The molecule has 0 spiro atoms. The van der Waals surface area contributed by atoms with Crippen molar-refractivity contribution in [3.8, 4) is 0 Å². The fraction of sp³-hybridized carbons (Fsp3) is 0.278. The van der Waals surface area contributed by atoms with Crippen LogP contribution in [-0.4, -0.2) is 11.9 Å². The van der Waals surface area contributed by atoms with Crippen LogP contribution in [0.5, 0.6) is 0 Å². The molecule has 104 valence electrons. The van der Waals surface area contributed by atoms with Gasteiger partial charge in [-0.2, -0.15) is 0 Å². The second kappa shape index (κ2) is 5.91. The van der Waals surface area contributed by atoms with E-state index in [-0.39, 0.29) is 11.9 Å². The number of carbonyl (C=O) groups is 1. The van der Waals surface area contributed by atoms with Gasteiger partial charge in [-0.25, -0.2) is 0 Å². The Morgan fingerprint density at radius 2 is 1.65 bits per heavy atom. The van der Waals surface area contributed by atoms with E-state index in [0.717, 1.165) is 22.4 Å². The summed E-state index contributed by atoms with van der Waals surface area (Å²) < 4.78 is 0. The summed E-state index contributed by atoms with van der Waals surface area (Å²) in [5, 5.41) is 0. The Balaban J connectivity index is 2.45. The van der Waals surface area contributed by atoms with E-state index >= 15 is 0 Å². The van der Waals surface area contributed by atoms with E-state index in [1.807, 2.05) is 81.1 Å². The molecule has 2 nitrogen and oxygen atoms in total. The molecule has 0 aliphatic rings. The molecule has 0 radical (unpaired) electrons. The van der Waals surface area contributed by atoms with E-state index in [0.29, 0.717) is 0 Å². The maximum atomic E-state index is 12.9. The number of rotatable bonds is 3. The number of aryl methyl sites for hydroxylation is 2. The van der Waals surface area contributed by atoms with Crippen molar-refractivity contribution < 1.29 is 4.79 Å². The molecular weight excluding hydrogens is 246 g/mol. The monoisotopic (exact) mass is 267 g/mol. The second-order valence-corrected chi connectivity index (χ2v) is 5.42. The van der Waals surface area contributed by atoms with Gasteiger partial charge in [-0.3, -0.25) is 4.79 Å². The van der Waals surface area contributed by atoms with E-state index in [4.69, 9.17) is 0 Å². The number of hydrogen-bond acceptors (Lipinski definition) is 1. The first-order valence-corrected chi connectivity index (χ1v) is 6.96. The number of carbonyl (C=O) groups excluding carboxylic acids is 1. The number of para-hydroxylation sites is 1. The van der Waals surface area contributed by atoms with Crippen LogP contribution in [0.3, 0.4) is 0 Å². The lowest BCUT2D eigenvalue weighted by atomic mass is 10.0. The van der Waals surface area contributed by atoms with E-state index in [9.17, 15) is 4.79 Å². The van der Waals surface area contributed by atoms with Crippen molar-refractivity contribution in [2.45, 2.75) is 33.7 Å². The van der Waals surface area contributed by atoms with E-state index in [1.165, 1.54) is 0 Å². The molecule has 1 amide bonds. The van der Waals surface area contributed by atoms with E-state index in [1.54, 1.807) is 0 Å². The Kier molecular flexibility index (Phi) is 4.23. The number of anilines is 1. The van der Waals surface area contributed by atoms with Gasteiger partial charge < -0.3 is 4.90 Å². The van der Waals surface area contributed by atoms with Crippen molar-refractivity contribution in [2.75, 3.05) is 4.90 Å². The predicted molar refractivity (Wildman–Crippen MR) is 84.3 cm³/mol. The third kappa shape index (κ3) is 2.90. The smallest absolute Gasteiger partial charge is 0.258 e. The lowest BCUT2D eigenvalue weighted by Gasteiger charge is -2.27. The van der Waals surface area contributed by atoms with Crippen molar-refractivity contribution >= 4 is 11.6 Å². The Labute approximate surface area is 121 Å². The van der Waals surface area contributed by atoms with Crippen LogP contribution in [0.2, 0.25) is 0 Å². The lowest BCUT2D eigenvalue weighted by Crippen LogP contribution is -2.37. The molecule has 0 bridgehead atoms. The molecule has 2 aromatic carbocycles. The van der Waals surface area contributed by atoms with E-state index < -0.39 is 0 Å². The summed E-state index contributed by atoms with van der Waals surface area (Å²) in [5.74, 6) is 0.0624. The summed E-state index contributed by atoms with van der Waals surface area (Å²) in [5.41, 5.74) is 3.84. The minimum Gasteiger partial charge on any atom is -0.306 e. The van der Waals surface area contributed by atoms with Crippen molar-refractivity contribution in [3.05, 3.63) is 65.2 Å². The summed E-state index contributed by atoms with van der Waals surface area (Å²) in [6, 6.07) is 16.0. The number of amides is 1. The molecule has 0 aliphatic heterocycles. The molecule has 0 heterocycles. The van der Waals surface area contributed by atoms with Crippen LogP contribution in [0, 0.1) is 13.8 Å². The summed E-state index contributed by atoms with van der Waals surface area (Å²) in [6.07, 6.45) is 0. The van der Waals surface area contributed by atoms with Gasteiger partial charge in [-0.05, 0) is 51.5 Å². The molecule has 0 N–H and O–H groups in total. The van der Waals surface area contributed by atoms with Gasteiger partial charge in [0.15, 0.2) is 0 Å². The van der Waals surface area contributed by atoms with Crippen molar-refractivity contribution in [1.29, 1.82) is 0 Å². The van der Waals surface area contributed by atoms with Gasteiger partial charge in [-0.15, -0.1) is 0 Å². The summed E-state index contributed by atoms with van der Waals surface area (Å²) in [7, 11) is 0. The molecule has 0 unspecified atom stereocenters. The number of hydrogen-bond donors (Lipinski definition) is 0. The SMILES string of the molecule is Cc1ccc(C)c(C(=O)N(c2ccccc2)C(C)C)c1. The molecule has 0 fully saturated rings. The normalized spacial score (nSPS) is 10.7. The molecule has 0 saturated heterocycles. The van der Waals surface area contributed by atoms with Crippen LogP contribution in [0.25, 0.3) is 0 Å². The molecule has 0 atom stereocenters. The third-order valence-corrected chi connectivity index (χ3v) is 3.39. The Hall–Kier alpha value is -2.09. The van der Waals surface area contributed by atoms with Crippen molar-refractivity contribution in [1.82, 2.24) is 0 Å². The van der Waals surface area contributed by atoms with Gasteiger partial charge in [-0.1, -0.05) is 35.9 Å². The minimum atomic E-state index is 0.0624. The minimum absolute atomic E-state index is 0.0624. The van der Waals surface area contributed by atoms with Crippen LogP contribution in [-0.2, 0) is 0 Å². The quantitative estimate of drug-likeness (QED) is 0.809. The zero-order valence-electron chi connectivity index (χ0n) is 12.6. The van der Waals surface area contributed by atoms with Crippen LogP contribution < -0.4 is 4.90 Å². The van der Waals surface area contributed by atoms with Gasteiger partial charge in [0.1, 0.15) is 0 Å². The highest BCUT2D eigenvalue weighted by atomic mass is 16.2. The number of benzene rings is 2. The molecular formula is C18H21NO. The summed E-state index contributed by atoms with van der Waals surface area (Å²) >= 11 is 0. The number of nitrogens with zero attached hydrogens (tertiary/aromatic N) is 1. The maximum absolute atomic E-state index is 12.9. The topological polar surface area (TPSA) is 20.3 Å². The Bertz CT molecular complexity index is 602. The highest BCUT2D eigenvalue weighted by molar-refractivity contribution is 6.07. The fourth-order valence-electron chi connectivity index (χ4n) is 2.33. The fourth-order valence-corrected chi connectivity index (χ4v) is 2.33. The molecule has 0 saturated carbocycles. The molecule has 0 aliphatic carbocycles. The van der Waals surface area contributed by atoms with Gasteiger partial charge in [0.25, 0.3) is 5.91 Å². The largest absolute Gasteiger partial charge is 0.306 e. The van der Waals surface area contributed by atoms with Crippen LogP contribution in [0.4, 0.5) is 5.69 Å². The van der Waals surface area contributed by atoms with E-state index in [2.05, 4.69) is 0 Å². The average molecular weight is 267 g/mol. The van der Waals surface area contributed by atoms with Crippen LogP contribution >= 0.6 is 0 Å². The van der Waals surface area contributed by atoms with Gasteiger partial charge in [0.2, 0.25) is 0 Å². The summed E-state index contributed by atoms with van der Waals surface area (Å²) in [4.78, 5) is 14.7. The second-order valence-electron chi connectivity index (χ2n) is 5.42. The lowest BCUT2D eigenvalue weighted by molar-refractivity contribution is 0.0979. The Morgan fingerprint density at radius 3 is 2.25 bits per heavy atom. The molecule has 2 rings (SSSR count). The van der Waals surface area contributed by atoms with Gasteiger partial charge in [0.05, 0.1) is 0 Å². The van der Waals surface area contributed by atoms with Gasteiger partial charge in [0, 0.05) is 17.3 Å². The molecule has 2 aromatic rings. The first-order valence-electron chi connectivity index (χ1n) is 6.96. The molecule has 20 heavy (non-hydrogen) atoms. The average Bonchev–Trinajstić information content (AvgIpc) is 2.42. The molecule has 2 heteroatoms. The standard InChI is InChI=1S/C18H21NO/c1-13(2)19(16-8-6-5-7-9-16)18(20)17-12-14(3)10-11-15(17)4/h5-13H,1-4H3. The highest BCUT2D eigenvalue weighted by Gasteiger charge is 2.21. The maximum Gasteiger partial charge on any atom is 0.258 e. The first kappa shape index (κ1) is 14.3. The zero-order valence-corrected chi connectivity index (χ0v) is 12.6. The van der Waals surface area contributed by atoms with Crippen molar-refractivity contribution in [3.63, 3.8) is 0 Å². The third-order valence-electron chi connectivity index (χ3n) is 3.39. The van der Waals surface area contributed by atoms with Crippen LogP contribution in [0.15, 0.2) is 48.5 Å². The predicted octanol–water partition coefficient (Wildman–Crippen LogP) is 4.36. The van der Waals surface area contributed by atoms with Crippen molar-refractivity contribution in [2.24, 2.45) is 0 Å². The molecule has 0 aromatic heterocycles. The summed E-state index contributed by atoms with van der Waals surface area (Å²) in [6.45, 7) is 8.07. The Morgan fingerprint density at radius 1 is 1.00 bits per heavy atom. The van der Waals surface area contributed by atoms with Crippen LogP contribution in [0.1, 0.15) is 35.3 Å². The highest BCUT2D eigenvalue weighted by Crippen LogP contribution is 2.21.